The first-order valence-electron chi connectivity index (χ1n) is 5.44. The van der Waals surface area contributed by atoms with Crippen LogP contribution in [0.1, 0.15) is 19.3 Å². The largest absolute Gasteiger partial charge is 0.480 e. The van der Waals surface area contributed by atoms with Crippen molar-refractivity contribution in [3.05, 3.63) is 0 Å². The molecule has 2 unspecified atom stereocenters. The molecule has 0 spiro atoms. The van der Waals surface area contributed by atoms with E-state index in [-0.39, 0.29) is 6.04 Å². The van der Waals surface area contributed by atoms with E-state index in [0.717, 1.165) is 19.5 Å². The molecule has 0 radical (unpaired) electrons. The summed E-state index contributed by atoms with van der Waals surface area (Å²) >= 11 is 0. The number of nitrogens with zero attached hydrogens (tertiary/aromatic N) is 1. The summed E-state index contributed by atoms with van der Waals surface area (Å²) in [5.74, 6) is -0.164. The van der Waals surface area contributed by atoms with Crippen molar-refractivity contribution in [2.45, 2.75) is 25.3 Å². The number of hydrogen-bond donors (Lipinski definition) is 2. The van der Waals surface area contributed by atoms with Gasteiger partial charge in [0.2, 0.25) is 0 Å². The van der Waals surface area contributed by atoms with Crippen molar-refractivity contribution in [1.29, 1.82) is 0 Å². The highest BCUT2D eigenvalue weighted by Gasteiger charge is 2.30. The Morgan fingerprint density at radius 1 is 1.43 bits per heavy atom. The van der Waals surface area contributed by atoms with Crippen molar-refractivity contribution < 1.29 is 9.90 Å². The van der Waals surface area contributed by atoms with Gasteiger partial charge in [-0.25, -0.2) is 0 Å². The lowest BCUT2D eigenvalue weighted by molar-refractivity contribution is -0.139. The summed E-state index contributed by atoms with van der Waals surface area (Å²) in [5, 5.41) is 11.9. The van der Waals surface area contributed by atoms with E-state index in [1.54, 1.807) is 0 Å². The van der Waals surface area contributed by atoms with Crippen molar-refractivity contribution in [2.75, 3.05) is 26.2 Å². The van der Waals surface area contributed by atoms with E-state index in [4.69, 9.17) is 5.11 Å². The lowest BCUT2D eigenvalue weighted by Gasteiger charge is -2.18. The van der Waals surface area contributed by atoms with Crippen molar-refractivity contribution in [2.24, 2.45) is 5.92 Å². The van der Waals surface area contributed by atoms with Gasteiger partial charge in [-0.15, -0.1) is 0 Å². The van der Waals surface area contributed by atoms with Gasteiger partial charge in [0.1, 0.15) is 6.04 Å². The molecule has 2 aliphatic rings. The van der Waals surface area contributed by atoms with Gasteiger partial charge in [-0.2, -0.15) is 0 Å². The Hall–Kier alpha value is -0.610. The Kier molecular flexibility index (Phi) is 3.03. The number of carboxylic acids is 1. The molecule has 14 heavy (non-hydrogen) atoms. The third-order valence-electron chi connectivity index (χ3n) is 3.24. The Morgan fingerprint density at radius 2 is 2.14 bits per heavy atom. The Bertz CT molecular complexity index is 214. The molecule has 2 saturated heterocycles. The minimum atomic E-state index is -0.700. The maximum atomic E-state index is 10.7. The molecule has 0 amide bonds. The van der Waals surface area contributed by atoms with Gasteiger partial charge in [0.15, 0.2) is 0 Å². The average Bonchev–Trinajstić information content (AvgIpc) is 2.75. The second kappa shape index (κ2) is 4.28. The quantitative estimate of drug-likeness (QED) is 0.677. The summed E-state index contributed by atoms with van der Waals surface area (Å²) in [7, 11) is 0. The maximum Gasteiger partial charge on any atom is 0.320 e. The monoisotopic (exact) mass is 198 g/mol. The van der Waals surface area contributed by atoms with Gasteiger partial charge in [0.05, 0.1) is 0 Å². The van der Waals surface area contributed by atoms with Gasteiger partial charge in [-0.05, 0) is 38.3 Å². The normalized spacial score (nSPS) is 33.7. The smallest absolute Gasteiger partial charge is 0.320 e. The van der Waals surface area contributed by atoms with E-state index in [0.29, 0.717) is 5.92 Å². The number of carboxylic acid groups (broad SMARTS) is 1. The Balaban J connectivity index is 1.75. The number of aliphatic carboxylic acids is 1. The van der Waals surface area contributed by atoms with E-state index in [1.807, 2.05) is 0 Å². The summed E-state index contributed by atoms with van der Waals surface area (Å²) < 4.78 is 0. The minimum absolute atomic E-state index is 0.303. The molecule has 0 aromatic rings. The number of hydrogen-bond acceptors (Lipinski definition) is 3. The molecule has 2 aliphatic heterocycles. The van der Waals surface area contributed by atoms with E-state index in [1.165, 1.54) is 25.9 Å². The van der Waals surface area contributed by atoms with Crippen LogP contribution in [0.2, 0.25) is 0 Å². The fraction of sp³-hybridized carbons (Fsp3) is 0.900. The molecule has 2 heterocycles. The number of nitrogens with one attached hydrogen (secondary N) is 1. The van der Waals surface area contributed by atoms with Gasteiger partial charge in [-0.3, -0.25) is 4.79 Å². The highest BCUT2D eigenvalue weighted by molar-refractivity contribution is 5.73. The third-order valence-corrected chi connectivity index (χ3v) is 3.24. The van der Waals surface area contributed by atoms with Gasteiger partial charge in [0, 0.05) is 13.1 Å². The maximum absolute atomic E-state index is 10.7. The first kappa shape index (κ1) is 9.93. The molecule has 4 nitrogen and oxygen atoms in total. The molecule has 0 aromatic heterocycles. The van der Waals surface area contributed by atoms with Gasteiger partial charge >= 0.3 is 5.97 Å². The molecular weight excluding hydrogens is 180 g/mol. The van der Waals surface area contributed by atoms with E-state index in [2.05, 4.69) is 10.2 Å². The summed E-state index contributed by atoms with van der Waals surface area (Å²) in [5.41, 5.74) is 0. The van der Waals surface area contributed by atoms with Crippen LogP contribution in [0.4, 0.5) is 0 Å². The summed E-state index contributed by atoms with van der Waals surface area (Å²) in [4.78, 5) is 13.2. The predicted octanol–water partition coefficient (Wildman–Crippen LogP) is 0.145. The van der Waals surface area contributed by atoms with Crippen molar-refractivity contribution >= 4 is 5.97 Å². The molecule has 0 aliphatic carbocycles. The van der Waals surface area contributed by atoms with Gasteiger partial charge in [-0.1, -0.05) is 0 Å². The average molecular weight is 198 g/mol. The van der Waals surface area contributed by atoms with E-state index >= 15 is 0 Å². The number of rotatable bonds is 3. The Morgan fingerprint density at radius 3 is 2.71 bits per heavy atom. The fourth-order valence-corrected chi connectivity index (χ4v) is 2.47. The van der Waals surface area contributed by atoms with Crippen LogP contribution >= 0.6 is 0 Å². The SMILES string of the molecule is O=C(O)C1CC(CN2CCCC2)CN1. The fourth-order valence-electron chi connectivity index (χ4n) is 2.47. The number of carbonyl (C=O) groups is 1. The molecule has 2 atom stereocenters. The van der Waals surface area contributed by atoms with Crippen LogP contribution in [0, 0.1) is 5.92 Å². The van der Waals surface area contributed by atoms with Crippen LogP contribution in [0.5, 0.6) is 0 Å². The summed E-state index contributed by atoms with van der Waals surface area (Å²) in [6, 6.07) is -0.303. The van der Waals surface area contributed by atoms with Gasteiger partial charge in [0.25, 0.3) is 0 Å². The zero-order valence-electron chi connectivity index (χ0n) is 8.41. The predicted molar refractivity (Wildman–Crippen MR) is 53.2 cm³/mol. The van der Waals surface area contributed by atoms with Crippen LogP contribution < -0.4 is 5.32 Å². The van der Waals surface area contributed by atoms with E-state index < -0.39 is 5.97 Å². The standard InChI is InChI=1S/C10H18N2O2/c13-10(14)9-5-8(6-11-9)7-12-3-1-2-4-12/h8-9,11H,1-7H2,(H,13,14). The van der Waals surface area contributed by atoms with Crippen molar-refractivity contribution in [3.8, 4) is 0 Å². The summed E-state index contributed by atoms with van der Waals surface area (Å²) in [6.45, 7) is 4.35. The second-order valence-corrected chi connectivity index (χ2v) is 4.41. The van der Waals surface area contributed by atoms with Crippen LogP contribution in [-0.4, -0.2) is 48.2 Å². The molecule has 0 saturated carbocycles. The van der Waals surface area contributed by atoms with Crippen molar-refractivity contribution in [1.82, 2.24) is 10.2 Å². The van der Waals surface area contributed by atoms with Crippen molar-refractivity contribution in [3.63, 3.8) is 0 Å². The van der Waals surface area contributed by atoms with E-state index in [9.17, 15) is 4.79 Å². The molecule has 0 aromatic carbocycles. The van der Waals surface area contributed by atoms with Crippen LogP contribution in [-0.2, 0) is 4.79 Å². The lowest BCUT2D eigenvalue weighted by atomic mass is 10.1. The first-order valence-corrected chi connectivity index (χ1v) is 5.44. The molecule has 2 N–H and O–H groups in total. The van der Waals surface area contributed by atoms with Crippen LogP contribution in [0.3, 0.4) is 0 Å². The zero-order valence-corrected chi connectivity index (χ0v) is 8.41. The highest BCUT2D eigenvalue weighted by atomic mass is 16.4. The number of likely N-dealkylation sites (tertiary alicyclic amines) is 1. The van der Waals surface area contributed by atoms with Crippen LogP contribution in [0.25, 0.3) is 0 Å². The second-order valence-electron chi connectivity index (χ2n) is 4.41. The van der Waals surface area contributed by atoms with Gasteiger partial charge < -0.3 is 15.3 Å². The Labute approximate surface area is 84.3 Å². The highest BCUT2D eigenvalue weighted by Crippen LogP contribution is 2.18. The third kappa shape index (κ3) is 2.25. The lowest BCUT2D eigenvalue weighted by Crippen LogP contribution is -2.30. The molecule has 80 valence electrons. The molecule has 2 fully saturated rings. The minimum Gasteiger partial charge on any atom is -0.480 e. The first-order chi connectivity index (χ1) is 6.75. The zero-order chi connectivity index (χ0) is 9.97. The molecule has 2 rings (SSSR count). The summed E-state index contributed by atoms with van der Waals surface area (Å²) in [6.07, 6.45) is 3.41. The van der Waals surface area contributed by atoms with Crippen LogP contribution in [0.15, 0.2) is 0 Å². The molecular formula is C10H18N2O2. The molecule has 4 heteroatoms. The molecule has 0 bridgehead atoms. The topological polar surface area (TPSA) is 52.6 Å².